The van der Waals surface area contributed by atoms with Crippen LogP contribution in [0.5, 0.6) is 5.75 Å². The second-order valence-corrected chi connectivity index (χ2v) is 2.78. The third-order valence-corrected chi connectivity index (χ3v) is 1.97. The van der Waals surface area contributed by atoms with Crippen molar-refractivity contribution in [3.63, 3.8) is 0 Å². The van der Waals surface area contributed by atoms with Crippen LogP contribution < -0.4 is 4.74 Å². The minimum absolute atomic E-state index is 0.192. The van der Waals surface area contributed by atoms with Crippen molar-refractivity contribution in [2.45, 2.75) is 0 Å². The Morgan fingerprint density at radius 3 is 3.00 bits per heavy atom. The molecule has 0 heterocycles. The molecule has 12 heavy (non-hydrogen) atoms. The van der Waals surface area contributed by atoms with E-state index in [1.807, 2.05) is 0 Å². The van der Waals surface area contributed by atoms with Gasteiger partial charge in [0.05, 0.1) is 4.47 Å². The first-order chi connectivity index (χ1) is 5.75. The van der Waals surface area contributed by atoms with Gasteiger partial charge in [0, 0.05) is 0 Å². The van der Waals surface area contributed by atoms with Crippen molar-refractivity contribution in [3.8, 4) is 5.75 Å². The highest BCUT2D eigenvalue weighted by atomic mass is 79.9. The van der Waals surface area contributed by atoms with Crippen molar-refractivity contribution in [2.75, 3.05) is 6.61 Å². The Labute approximate surface area is 77.5 Å². The zero-order valence-corrected chi connectivity index (χ0v) is 7.60. The molecule has 1 aromatic carbocycles. The fraction of sp³-hybridized carbons (Fsp3) is 0.125. The molecule has 0 saturated heterocycles. The molecule has 1 radical (unpaired) electrons. The van der Waals surface area contributed by atoms with Gasteiger partial charge in [-0.1, -0.05) is 6.07 Å². The van der Waals surface area contributed by atoms with E-state index in [1.165, 1.54) is 12.1 Å². The molecule has 63 valence electrons. The van der Waals surface area contributed by atoms with Gasteiger partial charge in [0.25, 0.3) is 0 Å². The molecule has 0 fully saturated rings. The van der Waals surface area contributed by atoms with Gasteiger partial charge in [0.1, 0.15) is 11.6 Å². The summed E-state index contributed by atoms with van der Waals surface area (Å²) in [6.07, 6.45) is 1.55. The predicted molar refractivity (Wildman–Crippen MR) is 45.3 cm³/mol. The van der Waals surface area contributed by atoms with Gasteiger partial charge in [-0.2, -0.15) is 0 Å². The lowest BCUT2D eigenvalue weighted by atomic mass is 10.3. The van der Waals surface area contributed by atoms with Crippen molar-refractivity contribution in [1.29, 1.82) is 0 Å². The molecule has 0 N–H and O–H groups in total. The highest BCUT2D eigenvalue weighted by Crippen LogP contribution is 2.26. The first-order valence-corrected chi connectivity index (χ1v) is 3.97. The Balaban J connectivity index is 2.84. The Bertz CT molecular complexity index is 288. The summed E-state index contributed by atoms with van der Waals surface area (Å²) >= 11 is 2.98. The highest BCUT2D eigenvalue weighted by Gasteiger charge is 2.04. The lowest BCUT2D eigenvalue weighted by molar-refractivity contribution is 0.360. The van der Waals surface area contributed by atoms with Gasteiger partial charge in [0.2, 0.25) is 6.29 Å². The zero-order valence-electron chi connectivity index (χ0n) is 6.01. The molecule has 4 heteroatoms. The Hall–Kier alpha value is -0.900. The number of benzene rings is 1. The van der Waals surface area contributed by atoms with Gasteiger partial charge in [0.15, 0.2) is 6.61 Å². The first kappa shape index (κ1) is 9.19. The summed E-state index contributed by atoms with van der Waals surface area (Å²) in [6, 6.07) is 4.35. The number of carbonyl (C=O) groups excluding carboxylic acids is 1. The molecule has 0 bridgehead atoms. The third-order valence-electron chi connectivity index (χ3n) is 1.20. The lowest BCUT2D eigenvalue weighted by Gasteiger charge is -2.03. The normalized spacial score (nSPS) is 9.50. The largest absolute Gasteiger partial charge is 0.484 e. The van der Waals surface area contributed by atoms with Crippen molar-refractivity contribution in [3.05, 3.63) is 28.5 Å². The summed E-state index contributed by atoms with van der Waals surface area (Å²) in [5, 5.41) is 0. The quantitative estimate of drug-likeness (QED) is 0.797. The van der Waals surface area contributed by atoms with Crippen molar-refractivity contribution < 1.29 is 13.9 Å². The maximum atomic E-state index is 12.8. The fourth-order valence-corrected chi connectivity index (χ4v) is 1.08. The minimum atomic E-state index is -0.418. The van der Waals surface area contributed by atoms with Crippen LogP contribution in [0.25, 0.3) is 0 Å². The summed E-state index contributed by atoms with van der Waals surface area (Å²) in [5.74, 6) is -0.114. The SMILES string of the molecule is O=[C]COc1cccc(F)c1Br. The molecule has 0 unspecified atom stereocenters. The minimum Gasteiger partial charge on any atom is -0.484 e. The summed E-state index contributed by atoms with van der Waals surface area (Å²) < 4.78 is 17.9. The van der Waals surface area contributed by atoms with E-state index in [0.29, 0.717) is 5.75 Å². The van der Waals surface area contributed by atoms with Crippen LogP contribution in [-0.2, 0) is 4.79 Å². The highest BCUT2D eigenvalue weighted by molar-refractivity contribution is 9.10. The average molecular weight is 232 g/mol. The molecule has 2 nitrogen and oxygen atoms in total. The summed E-state index contributed by atoms with van der Waals surface area (Å²) in [5.41, 5.74) is 0. The van der Waals surface area contributed by atoms with Crippen molar-refractivity contribution in [1.82, 2.24) is 0 Å². The topological polar surface area (TPSA) is 26.3 Å². The van der Waals surface area contributed by atoms with Gasteiger partial charge in [-0.05, 0) is 28.1 Å². The molecule has 0 saturated carbocycles. The zero-order chi connectivity index (χ0) is 8.97. The maximum Gasteiger partial charge on any atom is 0.239 e. The van der Waals surface area contributed by atoms with E-state index < -0.39 is 5.82 Å². The maximum absolute atomic E-state index is 12.8. The van der Waals surface area contributed by atoms with Crippen LogP contribution >= 0.6 is 15.9 Å². The summed E-state index contributed by atoms with van der Waals surface area (Å²) in [7, 11) is 0. The summed E-state index contributed by atoms with van der Waals surface area (Å²) in [4.78, 5) is 9.82. The second kappa shape index (κ2) is 4.21. The van der Waals surface area contributed by atoms with Crippen LogP contribution in [0.15, 0.2) is 22.7 Å². The molecule has 1 aromatic rings. The van der Waals surface area contributed by atoms with Crippen LogP contribution in [0, 0.1) is 5.82 Å². The lowest BCUT2D eigenvalue weighted by Crippen LogP contribution is -1.98. The van der Waals surface area contributed by atoms with E-state index in [4.69, 9.17) is 4.74 Å². The molecule has 0 aliphatic carbocycles. The van der Waals surface area contributed by atoms with Crippen LogP contribution in [0.1, 0.15) is 0 Å². The summed E-state index contributed by atoms with van der Waals surface area (Å²) in [6.45, 7) is -0.192. The average Bonchev–Trinajstić information content (AvgIpc) is 2.08. The van der Waals surface area contributed by atoms with Crippen LogP contribution in [0.4, 0.5) is 4.39 Å². The standard InChI is InChI=1S/C8H5BrFO2/c9-8-6(10)2-1-3-7(8)12-5-4-11/h1-3H,5H2. The number of rotatable bonds is 3. The fourth-order valence-electron chi connectivity index (χ4n) is 0.703. The predicted octanol–water partition coefficient (Wildman–Crippen LogP) is 2.08. The van der Waals surface area contributed by atoms with E-state index in [0.717, 1.165) is 0 Å². The van der Waals surface area contributed by atoms with Crippen molar-refractivity contribution >= 4 is 22.2 Å². The van der Waals surface area contributed by atoms with Gasteiger partial charge in [-0.15, -0.1) is 0 Å². The Morgan fingerprint density at radius 1 is 1.58 bits per heavy atom. The molecule has 0 aliphatic rings. The molecule has 0 aromatic heterocycles. The molecule has 0 spiro atoms. The number of halogens is 2. The van der Waals surface area contributed by atoms with Gasteiger partial charge < -0.3 is 4.74 Å². The number of hydrogen-bond donors (Lipinski definition) is 0. The Kier molecular flexibility index (Phi) is 3.22. The molecule has 0 amide bonds. The van der Waals surface area contributed by atoms with E-state index in [-0.39, 0.29) is 11.1 Å². The van der Waals surface area contributed by atoms with Crippen molar-refractivity contribution in [2.24, 2.45) is 0 Å². The third kappa shape index (κ3) is 2.04. The van der Waals surface area contributed by atoms with Crippen LogP contribution in [0.3, 0.4) is 0 Å². The molecule has 0 aliphatic heterocycles. The van der Waals surface area contributed by atoms with Gasteiger partial charge in [-0.25, -0.2) is 4.39 Å². The molecule has 0 atom stereocenters. The van der Waals surface area contributed by atoms with Crippen LogP contribution in [-0.4, -0.2) is 12.9 Å². The second-order valence-electron chi connectivity index (χ2n) is 1.98. The van der Waals surface area contributed by atoms with Gasteiger partial charge in [-0.3, -0.25) is 4.79 Å². The molecule has 1 rings (SSSR count). The number of ether oxygens (including phenoxy) is 1. The molecular formula is C8H5BrFO2. The van der Waals surface area contributed by atoms with E-state index in [2.05, 4.69) is 15.9 Å². The van der Waals surface area contributed by atoms with E-state index in [9.17, 15) is 9.18 Å². The van der Waals surface area contributed by atoms with Crippen LogP contribution in [0.2, 0.25) is 0 Å². The van der Waals surface area contributed by atoms with E-state index in [1.54, 1.807) is 12.4 Å². The number of hydrogen-bond acceptors (Lipinski definition) is 2. The first-order valence-electron chi connectivity index (χ1n) is 3.17. The van der Waals surface area contributed by atoms with Gasteiger partial charge >= 0.3 is 0 Å². The Morgan fingerprint density at radius 2 is 2.33 bits per heavy atom. The van der Waals surface area contributed by atoms with E-state index >= 15 is 0 Å². The monoisotopic (exact) mass is 231 g/mol. The molecular weight excluding hydrogens is 227 g/mol. The smallest absolute Gasteiger partial charge is 0.239 e.